The molecule has 1 fully saturated rings. The molecule has 0 saturated carbocycles. The number of nitrogens with zero attached hydrogens (tertiary/aromatic N) is 1. The van der Waals surface area contributed by atoms with Crippen LogP contribution in [0.2, 0.25) is 0 Å². The topological polar surface area (TPSA) is 67.2 Å². The number of amides is 1. The second-order valence-corrected chi connectivity index (χ2v) is 4.18. The third kappa shape index (κ3) is 2.61. The van der Waals surface area contributed by atoms with E-state index >= 15 is 0 Å². The van der Waals surface area contributed by atoms with Crippen LogP contribution in [0, 0.1) is 5.92 Å². The van der Waals surface area contributed by atoms with E-state index < -0.39 is 0 Å². The van der Waals surface area contributed by atoms with E-state index in [4.69, 9.17) is 0 Å². The molecular weight excluding hydrogens is 206 g/mol. The average Bonchev–Trinajstić information content (AvgIpc) is 2.82. The Hall–Kier alpha value is -1.36. The molecule has 5 heteroatoms. The maximum atomic E-state index is 11.9. The normalized spacial score (nSPS) is 25.3. The van der Waals surface area contributed by atoms with Crippen LogP contribution in [0.1, 0.15) is 26.2 Å². The molecule has 1 aromatic heterocycles. The summed E-state index contributed by atoms with van der Waals surface area (Å²) < 4.78 is 4.66. The fraction of sp³-hybridized carbons (Fsp3) is 0.636. The van der Waals surface area contributed by atoms with E-state index in [1.54, 1.807) is 6.07 Å². The van der Waals surface area contributed by atoms with E-state index in [0.717, 1.165) is 25.8 Å². The van der Waals surface area contributed by atoms with E-state index in [1.807, 2.05) is 0 Å². The summed E-state index contributed by atoms with van der Waals surface area (Å²) in [6, 6.07) is 1.54. The second-order valence-electron chi connectivity index (χ2n) is 4.18. The van der Waals surface area contributed by atoms with Gasteiger partial charge in [-0.2, -0.15) is 0 Å². The van der Waals surface area contributed by atoms with Gasteiger partial charge in [0.1, 0.15) is 6.26 Å². The van der Waals surface area contributed by atoms with E-state index in [1.165, 1.54) is 6.26 Å². The molecule has 1 saturated heterocycles. The number of aromatic nitrogens is 1. The van der Waals surface area contributed by atoms with Gasteiger partial charge in [-0.05, 0) is 25.3 Å². The predicted octanol–water partition coefficient (Wildman–Crippen LogP) is 1.39. The van der Waals surface area contributed by atoms with Gasteiger partial charge in [-0.25, -0.2) is 0 Å². The van der Waals surface area contributed by atoms with Gasteiger partial charge >= 0.3 is 0 Å². The van der Waals surface area contributed by atoms with Gasteiger partial charge < -0.3 is 15.2 Å². The maximum Gasteiger partial charge on any atom is 0.242 e. The van der Waals surface area contributed by atoms with Gasteiger partial charge in [0.25, 0.3) is 0 Å². The lowest BCUT2D eigenvalue weighted by Crippen LogP contribution is -2.46. The summed E-state index contributed by atoms with van der Waals surface area (Å²) in [6.07, 6.45) is 4.64. The van der Waals surface area contributed by atoms with Crippen molar-refractivity contribution in [2.45, 2.75) is 32.2 Å². The molecule has 1 aliphatic heterocycles. The molecule has 2 heterocycles. The Kier molecular flexibility index (Phi) is 3.56. The Balaban J connectivity index is 1.89. The van der Waals surface area contributed by atoms with Gasteiger partial charge in [0.05, 0.1) is 6.04 Å². The van der Waals surface area contributed by atoms with E-state index in [9.17, 15) is 4.79 Å². The summed E-state index contributed by atoms with van der Waals surface area (Å²) in [5.41, 5.74) is 0. The van der Waals surface area contributed by atoms with Crippen molar-refractivity contribution in [1.29, 1.82) is 0 Å². The number of hydrogen-bond donors (Lipinski definition) is 2. The molecule has 0 radical (unpaired) electrons. The summed E-state index contributed by atoms with van der Waals surface area (Å²) in [6.45, 7) is 3.08. The quantitative estimate of drug-likeness (QED) is 0.812. The van der Waals surface area contributed by atoms with Gasteiger partial charge in [-0.15, -0.1) is 0 Å². The average molecular weight is 223 g/mol. The molecule has 16 heavy (non-hydrogen) atoms. The van der Waals surface area contributed by atoms with Crippen LogP contribution in [0.25, 0.3) is 0 Å². The van der Waals surface area contributed by atoms with Crippen LogP contribution in [0.5, 0.6) is 0 Å². The van der Waals surface area contributed by atoms with Crippen LogP contribution in [0.3, 0.4) is 0 Å². The standard InChI is InChI=1S/C11H17N3O2/c1-2-8-3-5-12-9(7-8)11(15)13-10-4-6-16-14-10/h4,6,8-9,12H,2-3,5,7H2,1H3,(H,13,14,15). The Bertz CT molecular complexity index is 337. The molecular formula is C11H17N3O2. The van der Waals surface area contributed by atoms with Crippen LogP contribution >= 0.6 is 0 Å². The van der Waals surface area contributed by atoms with Crippen molar-refractivity contribution in [3.05, 3.63) is 12.3 Å². The van der Waals surface area contributed by atoms with Gasteiger partial charge in [-0.3, -0.25) is 4.79 Å². The highest BCUT2D eigenvalue weighted by molar-refractivity contribution is 5.94. The summed E-state index contributed by atoms with van der Waals surface area (Å²) in [7, 11) is 0. The van der Waals surface area contributed by atoms with E-state index in [0.29, 0.717) is 11.7 Å². The lowest BCUT2D eigenvalue weighted by molar-refractivity contribution is -0.119. The van der Waals surface area contributed by atoms with Crippen molar-refractivity contribution in [3.8, 4) is 0 Å². The number of rotatable bonds is 3. The lowest BCUT2D eigenvalue weighted by atomic mass is 9.90. The molecule has 0 aliphatic carbocycles. The zero-order valence-electron chi connectivity index (χ0n) is 9.40. The number of piperidine rings is 1. The minimum Gasteiger partial charge on any atom is -0.363 e. The zero-order chi connectivity index (χ0) is 11.4. The first-order valence-electron chi connectivity index (χ1n) is 5.74. The smallest absolute Gasteiger partial charge is 0.242 e. The molecule has 0 spiro atoms. The van der Waals surface area contributed by atoms with Crippen LogP contribution in [0.15, 0.2) is 16.9 Å². The molecule has 1 amide bonds. The minimum absolute atomic E-state index is 0.0212. The van der Waals surface area contributed by atoms with Crippen LogP contribution in [-0.4, -0.2) is 23.7 Å². The van der Waals surface area contributed by atoms with Crippen molar-refractivity contribution < 1.29 is 9.32 Å². The summed E-state index contributed by atoms with van der Waals surface area (Å²) >= 11 is 0. The predicted molar refractivity (Wildman–Crippen MR) is 59.9 cm³/mol. The SMILES string of the molecule is CCC1CCNC(C(=O)Nc2ccon2)C1. The highest BCUT2D eigenvalue weighted by Gasteiger charge is 2.26. The fourth-order valence-corrected chi connectivity index (χ4v) is 2.06. The second kappa shape index (κ2) is 5.12. The van der Waals surface area contributed by atoms with E-state index in [-0.39, 0.29) is 11.9 Å². The highest BCUT2D eigenvalue weighted by atomic mass is 16.5. The molecule has 88 valence electrons. The fourth-order valence-electron chi connectivity index (χ4n) is 2.06. The first-order chi connectivity index (χ1) is 7.79. The van der Waals surface area contributed by atoms with Crippen molar-refractivity contribution in [2.24, 2.45) is 5.92 Å². The molecule has 1 aliphatic rings. The Morgan fingerprint density at radius 1 is 1.75 bits per heavy atom. The summed E-state index contributed by atoms with van der Waals surface area (Å²) in [4.78, 5) is 11.9. The van der Waals surface area contributed by atoms with Gasteiger partial charge in [0.2, 0.25) is 5.91 Å². The Labute approximate surface area is 94.6 Å². The van der Waals surface area contributed by atoms with Crippen LogP contribution in [-0.2, 0) is 4.79 Å². The first-order valence-corrected chi connectivity index (χ1v) is 5.74. The lowest BCUT2D eigenvalue weighted by Gasteiger charge is -2.28. The van der Waals surface area contributed by atoms with E-state index in [2.05, 4.69) is 27.2 Å². The molecule has 2 unspecified atom stereocenters. The van der Waals surface area contributed by atoms with Gasteiger partial charge in [0.15, 0.2) is 5.82 Å². The maximum absolute atomic E-state index is 11.9. The molecule has 5 nitrogen and oxygen atoms in total. The number of hydrogen-bond acceptors (Lipinski definition) is 4. The van der Waals surface area contributed by atoms with Crippen molar-refractivity contribution in [1.82, 2.24) is 10.5 Å². The Morgan fingerprint density at radius 2 is 2.62 bits per heavy atom. The van der Waals surface area contributed by atoms with Crippen LogP contribution < -0.4 is 10.6 Å². The monoisotopic (exact) mass is 223 g/mol. The highest BCUT2D eigenvalue weighted by Crippen LogP contribution is 2.19. The first kappa shape index (κ1) is 11.1. The van der Waals surface area contributed by atoms with Gasteiger partial charge in [0, 0.05) is 6.07 Å². The summed E-state index contributed by atoms with van der Waals surface area (Å²) in [5.74, 6) is 1.10. The molecule has 0 bridgehead atoms. The van der Waals surface area contributed by atoms with Crippen molar-refractivity contribution in [2.75, 3.05) is 11.9 Å². The van der Waals surface area contributed by atoms with Gasteiger partial charge in [-0.1, -0.05) is 18.5 Å². The third-order valence-corrected chi connectivity index (χ3v) is 3.10. The Morgan fingerprint density at radius 3 is 3.31 bits per heavy atom. The molecule has 0 aromatic carbocycles. The summed E-state index contributed by atoms with van der Waals surface area (Å²) in [5, 5.41) is 9.61. The molecule has 2 N–H and O–H groups in total. The number of nitrogens with one attached hydrogen (secondary N) is 2. The number of anilines is 1. The van der Waals surface area contributed by atoms with Crippen molar-refractivity contribution in [3.63, 3.8) is 0 Å². The zero-order valence-corrected chi connectivity index (χ0v) is 9.40. The number of carbonyl (C=O) groups excluding carboxylic acids is 1. The van der Waals surface area contributed by atoms with Crippen molar-refractivity contribution >= 4 is 11.7 Å². The molecule has 2 atom stereocenters. The largest absolute Gasteiger partial charge is 0.363 e. The minimum atomic E-state index is -0.101. The number of carbonyl (C=O) groups is 1. The molecule has 1 aromatic rings. The third-order valence-electron chi connectivity index (χ3n) is 3.10. The van der Waals surface area contributed by atoms with Crippen LogP contribution in [0.4, 0.5) is 5.82 Å². The molecule has 2 rings (SSSR count).